The lowest BCUT2D eigenvalue weighted by Crippen LogP contribution is -2.53. The second kappa shape index (κ2) is 4.21. The van der Waals surface area contributed by atoms with Crippen molar-refractivity contribution in [1.29, 1.82) is 0 Å². The molecule has 2 N–H and O–H groups in total. The van der Waals surface area contributed by atoms with Gasteiger partial charge in [-0.2, -0.15) is 0 Å². The average molecular weight is 248 g/mol. The number of nitrogens with zero attached hydrogens (tertiary/aromatic N) is 1. The molecule has 18 heavy (non-hydrogen) atoms. The summed E-state index contributed by atoms with van der Waals surface area (Å²) in [6.07, 6.45) is 11.9. The van der Waals surface area contributed by atoms with Crippen molar-refractivity contribution in [3.8, 4) is 0 Å². The summed E-state index contributed by atoms with van der Waals surface area (Å²) in [5.41, 5.74) is 6.86. The molecule has 5 fully saturated rings. The lowest BCUT2D eigenvalue weighted by atomic mass is 9.49. The van der Waals surface area contributed by atoms with Crippen LogP contribution in [0.3, 0.4) is 0 Å². The molecule has 0 aromatic rings. The number of nitrogens with two attached hydrogens (primary N) is 1. The van der Waals surface area contributed by atoms with Gasteiger partial charge in [0.25, 0.3) is 0 Å². The van der Waals surface area contributed by atoms with Gasteiger partial charge in [0.2, 0.25) is 0 Å². The maximum absolute atomic E-state index is 6.15. The standard InChI is InChI=1S/C16H28N2/c17-15-2-1-3-18(10-15)11-16-7-12-4-13(8-16)6-14(5-12)9-16/h12-15H,1-11,17H2. The SMILES string of the molecule is NC1CCCN(CC23CC4CC(CC(C4)C2)C3)C1. The van der Waals surface area contributed by atoms with Crippen molar-refractivity contribution in [1.82, 2.24) is 4.90 Å². The van der Waals surface area contributed by atoms with Crippen LogP contribution in [-0.4, -0.2) is 30.6 Å². The molecule has 5 rings (SSSR count). The molecular formula is C16H28N2. The highest BCUT2D eigenvalue weighted by molar-refractivity contribution is 5.02. The van der Waals surface area contributed by atoms with Gasteiger partial charge in [-0.3, -0.25) is 0 Å². The van der Waals surface area contributed by atoms with Crippen LogP contribution in [0, 0.1) is 23.2 Å². The van der Waals surface area contributed by atoms with Gasteiger partial charge in [0.15, 0.2) is 0 Å². The maximum atomic E-state index is 6.15. The number of hydrogen-bond donors (Lipinski definition) is 1. The summed E-state index contributed by atoms with van der Waals surface area (Å²) in [4.78, 5) is 2.71. The average Bonchev–Trinajstić information content (AvgIpc) is 2.25. The normalized spacial score (nSPS) is 51.8. The number of rotatable bonds is 2. The molecule has 2 nitrogen and oxygen atoms in total. The molecule has 1 unspecified atom stereocenters. The van der Waals surface area contributed by atoms with E-state index < -0.39 is 0 Å². The molecule has 1 aliphatic heterocycles. The zero-order chi connectivity index (χ0) is 12.2. The van der Waals surface area contributed by atoms with Gasteiger partial charge < -0.3 is 10.6 Å². The summed E-state index contributed by atoms with van der Waals surface area (Å²) in [6, 6.07) is 0.452. The Morgan fingerprint density at radius 1 is 1.00 bits per heavy atom. The van der Waals surface area contributed by atoms with E-state index in [1.807, 2.05) is 0 Å². The van der Waals surface area contributed by atoms with Crippen molar-refractivity contribution in [2.45, 2.75) is 57.4 Å². The fourth-order valence-corrected chi connectivity index (χ4v) is 6.19. The highest BCUT2D eigenvalue weighted by atomic mass is 15.2. The Balaban J connectivity index is 1.47. The highest BCUT2D eigenvalue weighted by Crippen LogP contribution is 2.60. The summed E-state index contributed by atoms with van der Waals surface area (Å²) in [5.74, 6) is 3.28. The predicted molar refractivity (Wildman–Crippen MR) is 74.3 cm³/mol. The predicted octanol–water partition coefficient (Wildman–Crippen LogP) is 2.63. The second-order valence-electron chi connectivity index (χ2n) is 8.05. The van der Waals surface area contributed by atoms with Crippen molar-refractivity contribution in [3.63, 3.8) is 0 Å². The van der Waals surface area contributed by atoms with E-state index in [1.165, 1.54) is 32.5 Å². The fourth-order valence-electron chi connectivity index (χ4n) is 6.19. The van der Waals surface area contributed by atoms with Crippen molar-refractivity contribution >= 4 is 0 Å². The maximum Gasteiger partial charge on any atom is 0.0168 e. The second-order valence-corrected chi connectivity index (χ2v) is 8.05. The van der Waals surface area contributed by atoms with Crippen molar-refractivity contribution in [2.24, 2.45) is 28.9 Å². The monoisotopic (exact) mass is 248 g/mol. The van der Waals surface area contributed by atoms with Crippen LogP contribution in [0.25, 0.3) is 0 Å². The molecule has 0 aromatic heterocycles. The van der Waals surface area contributed by atoms with Crippen LogP contribution in [0.5, 0.6) is 0 Å². The van der Waals surface area contributed by atoms with E-state index in [4.69, 9.17) is 5.73 Å². The molecule has 2 heteroatoms. The van der Waals surface area contributed by atoms with Crippen LogP contribution in [0.1, 0.15) is 51.4 Å². The van der Waals surface area contributed by atoms with E-state index in [0.29, 0.717) is 11.5 Å². The Morgan fingerprint density at radius 3 is 2.17 bits per heavy atom. The minimum atomic E-state index is 0.452. The Bertz CT molecular complexity index is 290. The Hall–Kier alpha value is -0.0800. The zero-order valence-electron chi connectivity index (χ0n) is 11.6. The van der Waals surface area contributed by atoms with Gasteiger partial charge in [0.1, 0.15) is 0 Å². The van der Waals surface area contributed by atoms with Crippen molar-refractivity contribution in [2.75, 3.05) is 19.6 Å². The van der Waals surface area contributed by atoms with Crippen molar-refractivity contribution < 1.29 is 0 Å². The molecule has 1 saturated heterocycles. The summed E-state index contributed by atoms with van der Waals surface area (Å²) in [7, 11) is 0. The summed E-state index contributed by atoms with van der Waals surface area (Å²) < 4.78 is 0. The molecule has 0 radical (unpaired) electrons. The largest absolute Gasteiger partial charge is 0.327 e. The van der Waals surface area contributed by atoms with E-state index in [-0.39, 0.29) is 0 Å². The first-order chi connectivity index (χ1) is 8.71. The van der Waals surface area contributed by atoms with E-state index in [2.05, 4.69) is 4.90 Å². The van der Waals surface area contributed by atoms with Gasteiger partial charge in [-0.15, -0.1) is 0 Å². The number of hydrogen-bond acceptors (Lipinski definition) is 2. The van der Waals surface area contributed by atoms with Crippen LogP contribution < -0.4 is 5.73 Å². The zero-order valence-corrected chi connectivity index (χ0v) is 11.6. The van der Waals surface area contributed by atoms with E-state index in [0.717, 1.165) is 17.8 Å². The summed E-state index contributed by atoms with van der Waals surface area (Å²) in [6.45, 7) is 3.86. The third kappa shape index (κ3) is 2.02. The lowest BCUT2D eigenvalue weighted by molar-refractivity contribution is -0.0716. The van der Waals surface area contributed by atoms with Gasteiger partial charge in [-0.05, 0) is 81.1 Å². The molecule has 0 aromatic carbocycles. The first kappa shape index (κ1) is 11.7. The first-order valence-electron chi connectivity index (χ1n) is 8.19. The van der Waals surface area contributed by atoms with Gasteiger partial charge in [-0.25, -0.2) is 0 Å². The first-order valence-corrected chi connectivity index (χ1v) is 8.19. The molecule has 1 atom stereocenters. The third-order valence-electron chi connectivity index (χ3n) is 6.27. The topological polar surface area (TPSA) is 29.3 Å². The van der Waals surface area contributed by atoms with E-state index >= 15 is 0 Å². The van der Waals surface area contributed by atoms with Crippen LogP contribution in [0.15, 0.2) is 0 Å². The Labute approximate surface area is 111 Å². The summed E-state index contributed by atoms with van der Waals surface area (Å²) >= 11 is 0. The molecule has 0 spiro atoms. The van der Waals surface area contributed by atoms with Crippen LogP contribution >= 0.6 is 0 Å². The molecule has 4 bridgehead atoms. The molecule has 102 valence electrons. The fraction of sp³-hybridized carbons (Fsp3) is 1.00. The Kier molecular flexibility index (Phi) is 2.74. The Morgan fingerprint density at radius 2 is 1.61 bits per heavy atom. The van der Waals surface area contributed by atoms with E-state index in [9.17, 15) is 0 Å². The molecule has 0 amide bonds. The highest BCUT2D eigenvalue weighted by Gasteiger charge is 2.51. The molecule has 1 heterocycles. The van der Waals surface area contributed by atoms with Crippen molar-refractivity contribution in [3.05, 3.63) is 0 Å². The molecule has 4 aliphatic carbocycles. The third-order valence-corrected chi connectivity index (χ3v) is 6.27. The molecule has 4 saturated carbocycles. The lowest BCUT2D eigenvalue weighted by Gasteiger charge is -2.58. The number of piperidine rings is 1. The minimum Gasteiger partial charge on any atom is -0.327 e. The number of likely N-dealkylation sites (tertiary alicyclic amines) is 1. The van der Waals surface area contributed by atoms with Gasteiger partial charge >= 0.3 is 0 Å². The minimum absolute atomic E-state index is 0.452. The smallest absolute Gasteiger partial charge is 0.0168 e. The van der Waals surface area contributed by atoms with E-state index in [1.54, 1.807) is 38.5 Å². The molecule has 5 aliphatic rings. The molecular weight excluding hydrogens is 220 g/mol. The van der Waals surface area contributed by atoms with Crippen LogP contribution in [-0.2, 0) is 0 Å². The van der Waals surface area contributed by atoms with Gasteiger partial charge in [0, 0.05) is 19.1 Å². The van der Waals surface area contributed by atoms with Crippen LogP contribution in [0.2, 0.25) is 0 Å². The van der Waals surface area contributed by atoms with Crippen LogP contribution in [0.4, 0.5) is 0 Å². The quantitative estimate of drug-likeness (QED) is 0.814. The van der Waals surface area contributed by atoms with Gasteiger partial charge in [-0.1, -0.05) is 0 Å². The summed E-state index contributed by atoms with van der Waals surface area (Å²) in [5, 5.41) is 0. The van der Waals surface area contributed by atoms with Gasteiger partial charge in [0.05, 0.1) is 0 Å².